The Morgan fingerprint density at radius 1 is 1.32 bits per heavy atom. The van der Waals surface area contributed by atoms with Crippen LogP contribution in [0.2, 0.25) is 0 Å². The van der Waals surface area contributed by atoms with Gasteiger partial charge >= 0.3 is 5.97 Å². The van der Waals surface area contributed by atoms with Crippen molar-refractivity contribution < 1.29 is 19.4 Å². The minimum Gasteiger partial charge on any atom is -0.497 e. The van der Waals surface area contributed by atoms with Crippen LogP contribution in [0.25, 0.3) is 0 Å². The molecule has 1 aliphatic carbocycles. The first-order valence-electron chi connectivity index (χ1n) is 8.82. The van der Waals surface area contributed by atoms with Gasteiger partial charge in [-0.2, -0.15) is 0 Å². The molecule has 1 saturated carbocycles. The summed E-state index contributed by atoms with van der Waals surface area (Å²) in [5.74, 6) is -0.0417. The van der Waals surface area contributed by atoms with E-state index >= 15 is 0 Å². The molecule has 1 aromatic carbocycles. The van der Waals surface area contributed by atoms with Gasteiger partial charge in [0, 0.05) is 18.0 Å². The lowest BCUT2D eigenvalue weighted by Crippen LogP contribution is -2.55. The molecule has 138 valence electrons. The molecule has 2 N–H and O–H groups in total. The fourth-order valence-electron chi connectivity index (χ4n) is 3.23. The lowest BCUT2D eigenvalue weighted by molar-refractivity contribution is -0.140. The predicted molar refractivity (Wildman–Crippen MR) is 95.7 cm³/mol. The number of methoxy groups -OCH3 is 1. The van der Waals surface area contributed by atoms with E-state index in [0.717, 1.165) is 24.2 Å². The number of nitrogens with one attached hydrogen (secondary N) is 1. The minimum atomic E-state index is -0.803. The first-order valence-corrected chi connectivity index (χ1v) is 8.82. The van der Waals surface area contributed by atoms with Crippen molar-refractivity contribution in [2.24, 2.45) is 5.92 Å². The van der Waals surface area contributed by atoms with Gasteiger partial charge in [-0.3, -0.25) is 14.5 Å². The molecule has 0 aromatic heterocycles. The Balaban J connectivity index is 1.75. The van der Waals surface area contributed by atoms with Crippen molar-refractivity contribution in [3.63, 3.8) is 0 Å². The maximum Gasteiger partial charge on any atom is 0.317 e. The molecule has 0 aliphatic heterocycles. The zero-order valence-corrected chi connectivity index (χ0v) is 15.2. The number of carbonyl (C=O) groups is 2. The molecule has 6 heteroatoms. The zero-order chi connectivity index (χ0) is 18.4. The Kier molecular flexibility index (Phi) is 6.82. The third-order valence-electron chi connectivity index (χ3n) is 4.87. The van der Waals surface area contributed by atoms with Crippen molar-refractivity contribution in [2.75, 3.05) is 20.2 Å². The van der Waals surface area contributed by atoms with Gasteiger partial charge < -0.3 is 15.2 Å². The maximum atomic E-state index is 12.4. The Hall–Kier alpha value is -2.08. The third-order valence-corrected chi connectivity index (χ3v) is 4.87. The quantitative estimate of drug-likeness (QED) is 0.713. The highest BCUT2D eigenvalue weighted by molar-refractivity contribution is 5.79. The summed E-state index contributed by atoms with van der Waals surface area (Å²) in [7, 11) is 1.63. The molecule has 1 amide bonds. The number of ether oxygens (including phenoxy) is 1. The van der Waals surface area contributed by atoms with E-state index < -0.39 is 5.97 Å². The molecule has 0 spiro atoms. The molecular formula is C19H28N2O4. The number of hydrogen-bond donors (Lipinski definition) is 2. The van der Waals surface area contributed by atoms with E-state index in [1.165, 1.54) is 0 Å². The fourth-order valence-corrected chi connectivity index (χ4v) is 3.23. The number of rotatable bonds is 9. The van der Waals surface area contributed by atoms with E-state index in [9.17, 15) is 9.59 Å². The molecule has 1 fully saturated rings. The number of benzene rings is 1. The number of carboxylic acids is 1. The number of carbonyl (C=O) groups excluding carboxylic acids is 1. The summed E-state index contributed by atoms with van der Waals surface area (Å²) in [6.45, 7) is 4.67. The molecule has 0 saturated heterocycles. The van der Waals surface area contributed by atoms with E-state index in [-0.39, 0.29) is 30.5 Å². The van der Waals surface area contributed by atoms with Crippen molar-refractivity contribution >= 4 is 11.9 Å². The SMILES string of the molecule is CCN(CC(=O)O)C1CC(NC(=O)C(C)Cc2ccc(OC)cc2)C1. The number of carboxylic acid groups (broad SMARTS) is 1. The average Bonchev–Trinajstić information content (AvgIpc) is 2.56. The van der Waals surface area contributed by atoms with Crippen LogP contribution in [0.4, 0.5) is 0 Å². The lowest BCUT2D eigenvalue weighted by Gasteiger charge is -2.42. The van der Waals surface area contributed by atoms with E-state index in [1.54, 1.807) is 7.11 Å². The van der Waals surface area contributed by atoms with Gasteiger partial charge in [0.25, 0.3) is 0 Å². The highest BCUT2D eigenvalue weighted by atomic mass is 16.5. The molecule has 0 radical (unpaired) electrons. The van der Waals surface area contributed by atoms with Gasteiger partial charge in [-0.25, -0.2) is 0 Å². The second-order valence-corrected chi connectivity index (χ2v) is 6.74. The van der Waals surface area contributed by atoms with E-state index in [1.807, 2.05) is 43.0 Å². The normalized spacial score (nSPS) is 20.6. The van der Waals surface area contributed by atoms with Crippen LogP contribution in [0.1, 0.15) is 32.3 Å². The first kappa shape index (κ1) is 19.2. The van der Waals surface area contributed by atoms with Crippen LogP contribution in [0.3, 0.4) is 0 Å². The lowest BCUT2D eigenvalue weighted by atomic mass is 9.84. The standard InChI is InChI=1S/C19H28N2O4/c1-4-21(12-18(22)23)16-10-15(11-16)20-19(24)13(2)9-14-5-7-17(25-3)8-6-14/h5-8,13,15-16H,4,9-12H2,1-3H3,(H,20,24)(H,22,23). The Morgan fingerprint density at radius 3 is 2.48 bits per heavy atom. The van der Waals surface area contributed by atoms with Gasteiger partial charge in [0.2, 0.25) is 5.91 Å². The summed E-state index contributed by atoms with van der Waals surface area (Å²) in [6, 6.07) is 8.17. The van der Waals surface area contributed by atoms with E-state index in [2.05, 4.69) is 5.32 Å². The second-order valence-electron chi connectivity index (χ2n) is 6.74. The molecule has 1 unspecified atom stereocenters. The molecule has 0 heterocycles. The van der Waals surface area contributed by atoms with Crippen molar-refractivity contribution in [1.29, 1.82) is 0 Å². The molecule has 2 rings (SSSR count). The summed E-state index contributed by atoms with van der Waals surface area (Å²) in [5.41, 5.74) is 1.11. The van der Waals surface area contributed by atoms with Crippen molar-refractivity contribution in [2.45, 2.75) is 45.2 Å². The highest BCUT2D eigenvalue weighted by Crippen LogP contribution is 2.26. The molecule has 25 heavy (non-hydrogen) atoms. The van der Waals surface area contributed by atoms with E-state index in [0.29, 0.717) is 13.0 Å². The van der Waals surface area contributed by atoms with Gasteiger partial charge in [-0.1, -0.05) is 26.0 Å². The summed E-state index contributed by atoms with van der Waals surface area (Å²) >= 11 is 0. The smallest absolute Gasteiger partial charge is 0.317 e. The first-order chi connectivity index (χ1) is 11.9. The predicted octanol–water partition coefficient (Wildman–Crippen LogP) is 1.93. The van der Waals surface area contributed by atoms with Crippen molar-refractivity contribution in [3.05, 3.63) is 29.8 Å². The Labute approximate surface area is 149 Å². The van der Waals surface area contributed by atoms with Gasteiger partial charge in [-0.15, -0.1) is 0 Å². The third kappa shape index (κ3) is 5.46. The number of aliphatic carboxylic acids is 1. The van der Waals surface area contributed by atoms with Gasteiger partial charge in [0.15, 0.2) is 0 Å². The summed E-state index contributed by atoms with van der Waals surface area (Å²) in [5, 5.41) is 12.0. The largest absolute Gasteiger partial charge is 0.497 e. The van der Waals surface area contributed by atoms with Gasteiger partial charge in [-0.05, 0) is 43.5 Å². The highest BCUT2D eigenvalue weighted by Gasteiger charge is 2.35. The number of nitrogens with zero attached hydrogens (tertiary/aromatic N) is 1. The van der Waals surface area contributed by atoms with Gasteiger partial charge in [0.05, 0.1) is 13.7 Å². The maximum absolute atomic E-state index is 12.4. The van der Waals surface area contributed by atoms with Crippen LogP contribution < -0.4 is 10.1 Å². The van der Waals surface area contributed by atoms with E-state index in [4.69, 9.17) is 9.84 Å². The minimum absolute atomic E-state index is 0.0561. The molecule has 1 aromatic rings. The molecule has 1 atom stereocenters. The molecule has 0 bridgehead atoms. The number of likely N-dealkylation sites (N-methyl/N-ethyl adjacent to an activating group) is 1. The Morgan fingerprint density at radius 2 is 1.96 bits per heavy atom. The Bertz CT molecular complexity index is 582. The van der Waals surface area contributed by atoms with Crippen molar-refractivity contribution in [3.8, 4) is 5.75 Å². The second kappa shape index (κ2) is 8.85. The van der Waals surface area contributed by atoms with Crippen LogP contribution in [-0.4, -0.2) is 54.2 Å². The van der Waals surface area contributed by atoms with Crippen LogP contribution in [0, 0.1) is 5.92 Å². The fraction of sp³-hybridized carbons (Fsp3) is 0.579. The monoisotopic (exact) mass is 348 g/mol. The summed E-state index contributed by atoms with van der Waals surface area (Å²) < 4.78 is 5.14. The van der Waals surface area contributed by atoms with Crippen LogP contribution in [0.15, 0.2) is 24.3 Å². The summed E-state index contributed by atoms with van der Waals surface area (Å²) in [6.07, 6.45) is 2.33. The topological polar surface area (TPSA) is 78.9 Å². The molecule has 1 aliphatic rings. The van der Waals surface area contributed by atoms with Gasteiger partial charge in [0.1, 0.15) is 5.75 Å². The molecular weight excluding hydrogens is 320 g/mol. The van der Waals surface area contributed by atoms with Crippen molar-refractivity contribution in [1.82, 2.24) is 10.2 Å². The van der Waals surface area contributed by atoms with Crippen LogP contribution in [0.5, 0.6) is 5.75 Å². The van der Waals surface area contributed by atoms with Crippen LogP contribution >= 0.6 is 0 Å². The summed E-state index contributed by atoms with van der Waals surface area (Å²) in [4.78, 5) is 25.2. The average molecular weight is 348 g/mol. The number of hydrogen-bond acceptors (Lipinski definition) is 4. The van der Waals surface area contributed by atoms with Crippen LogP contribution in [-0.2, 0) is 16.0 Å². The molecule has 6 nitrogen and oxygen atoms in total. The number of amides is 1. The zero-order valence-electron chi connectivity index (χ0n) is 15.2.